The summed E-state index contributed by atoms with van der Waals surface area (Å²) >= 11 is 3.93. The molecule has 1 aromatic carbocycles. The third-order valence-corrected chi connectivity index (χ3v) is 5.52. The van der Waals surface area contributed by atoms with Crippen LogP contribution in [0.25, 0.3) is 0 Å². The van der Waals surface area contributed by atoms with E-state index in [9.17, 15) is 0 Å². The third kappa shape index (κ3) is 3.04. The average molecular weight is 278 g/mol. The summed E-state index contributed by atoms with van der Waals surface area (Å²) in [6, 6.07) is 11.6. The van der Waals surface area contributed by atoms with Gasteiger partial charge in [0, 0.05) is 17.5 Å². The van der Waals surface area contributed by atoms with Crippen molar-refractivity contribution in [3.8, 4) is 0 Å². The lowest BCUT2D eigenvalue weighted by molar-refractivity contribution is 0.596. The zero-order valence-electron chi connectivity index (χ0n) is 10.3. The van der Waals surface area contributed by atoms with Crippen molar-refractivity contribution in [1.29, 1.82) is 0 Å². The number of hydrogen-bond donors (Lipinski definition) is 1. The first-order chi connectivity index (χ1) is 8.92. The van der Waals surface area contributed by atoms with Crippen LogP contribution in [0.5, 0.6) is 0 Å². The molecule has 0 saturated carbocycles. The van der Waals surface area contributed by atoms with Gasteiger partial charge in [-0.2, -0.15) is 11.8 Å². The maximum atomic E-state index is 4.81. The number of nitrogens with zero attached hydrogens (tertiary/aromatic N) is 1. The SMILES string of the molecule is c1ccc(C2CSC(NC3CCCSC3)=N2)cc1. The van der Waals surface area contributed by atoms with Crippen LogP contribution in [0.4, 0.5) is 0 Å². The molecule has 0 spiro atoms. The molecular weight excluding hydrogens is 260 g/mol. The molecular formula is C14H18N2S2. The summed E-state index contributed by atoms with van der Waals surface area (Å²) in [6.07, 6.45) is 2.63. The molecule has 0 radical (unpaired) electrons. The van der Waals surface area contributed by atoms with E-state index in [-0.39, 0.29) is 0 Å². The first-order valence-corrected chi connectivity index (χ1v) is 8.66. The smallest absolute Gasteiger partial charge is 0.157 e. The molecule has 96 valence electrons. The molecule has 0 aromatic heterocycles. The van der Waals surface area contributed by atoms with E-state index < -0.39 is 0 Å². The summed E-state index contributed by atoms with van der Waals surface area (Å²) in [4.78, 5) is 4.81. The van der Waals surface area contributed by atoms with Crippen LogP contribution >= 0.6 is 23.5 Å². The minimum atomic E-state index is 0.343. The molecule has 2 aliphatic heterocycles. The van der Waals surface area contributed by atoms with Gasteiger partial charge in [-0.25, -0.2) is 0 Å². The van der Waals surface area contributed by atoms with Crippen molar-refractivity contribution in [2.75, 3.05) is 17.3 Å². The van der Waals surface area contributed by atoms with E-state index in [1.807, 2.05) is 11.8 Å². The number of thioether (sulfide) groups is 2. The monoisotopic (exact) mass is 278 g/mol. The maximum Gasteiger partial charge on any atom is 0.157 e. The predicted octanol–water partition coefficient (Wildman–Crippen LogP) is 3.32. The van der Waals surface area contributed by atoms with Gasteiger partial charge in [0.1, 0.15) is 0 Å². The molecule has 2 heterocycles. The Morgan fingerprint density at radius 3 is 2.83 bits per heavy atom. The molecule has 2 unspecified atom stereocenters. The fourth-order valence-electron chi connectivity index (χ4n) is 2.33. The zero-order chi connectivity index (χ0) is 12.2. The Bertz CT molecular complexity index is 413. The Hall–Kier alpha value is -0.610. The minimum Gasteiger partial charge on any atom is -0.361 e. The molecule has 1 saturated heterocycles. The molecule has 2 nitrogen and oxygen atoms in total. The lowest BCUT2D eigenvalue weighted by Crippen LogP contribution is -2.36. The van der Waals surface area contributed by atoms with E-state index in [1.54, 1.807) is 0 Å². The molecule has 4 heteroatoms. The summed E-state index contributed by atoms with van der Waals surface area (Å²) in [5, 5.41) is 4.76. The Kier molecular flexibility index (Phi) is 4.16. The van der Waals surface area contributed by atoms with Crippen LogP contribution < -0.4 is 5.32 Å². The largest absolute Gasteiger partial charge is 0.361 e. The third-order valence-electron chi connectivity index (χ3n) is 3.32. The number of benzene rings is 1. The van der Waals surface area contributed by atoms with E-state index in [4.69, 9.17) is 4.99 Å². The summed E-state index contributed by atoms with van der Waals surface area (Å²) in [5.74, 6) is 3.63. The van der Waals surface area contributed by atoms with Gasteiger partial charge in [0.25, 0.3) is 0 Å². The van der Waals surface area contributed by atoms with E-state index in [1.165, 1.54) is 29.9 Å². The highest BCUT2D eigenvalue weighted by Gasteiger charge is 2.22. The highest BCUT2D eigenvalue weighted by molar-refractivity contribution is 8.14. The predicted molar refractivity (Wildman–Crippen MR) is 82.6 cm³/mol. The van der Waals surface area contributed by atoms with Crippen LogP contribution in [0.15, 0.2) is 35.3 Å². The van der Waals surface area contributed by atoms with Crippen molar-refractivity contribution in [2.24, 2.45) is 4.99 Å². The Morgan fingerprint density at radius 2 is 2.06 bits per heavy atom. The molecule has 1 aromatic rings. The van der Waals surface area contributed by atoms with Crippen LogP contribution in [0, 0.1) is 0 Å². The van der Waals surface area contributed by atoms with Gasteiger partial charge in [0.05, 0.1) is 6.04 Å². The summed E-state index contributed by atoms with van der Waals surface area (Å²) in [5.41, 5.74) is 1.33. The number of amidine groups is 1. The van der Waals surface area contributed by atoms with Crippen molar-refractivity contribution >= 4 is 28.7 Å². The number of hydrogen-bond acceptors (Lipinski definition) is 4. The van der Waals surface area contributed by atoms with Crippen LogP contribution in [-0.4, -0.2) is 28.5 Å². The van der Waals surface area contributed by atoms with Crippen LogP contribution in [0.1, 0.15) is 24.4 Å². The molecule has 3 rings (SSSR count). The standard InChI is InChI=1S/C14H18N2S2/c1-2-5-11(6-3-1)13-10-18-14(16-13)15-12-7-4-8-17-9-12/h1-3,5-6,12-13H,4,7-10H2,(H,15,16). The summed E-state index contributed by atoms with van der Waals surface area (Å²) in [6.45, 7) is 0. The lowest BCUT2D eigenvalue weighted by Gasteiger charge is -2.22. The highest BCUT2D eigenvalue weighted by atomic mass is 32.2. The first-order valence-electron chi connectivity index (χ1n) is 6.51. The summed E-state index contributed by atoms with van der Waals surface area (Å²) < 4.78 is 0. The number of nitrogens with one attached hydrogen (secondary N) is 1. The van der Waals surface area contributed by atoms with Gasteiger partial charge in [-0.3, -0.25) is 4.99 Å². The van der Waals surface area contributed by atoms with Crippen molar-refractivity contribution < 1.29 is 0 Å². The second kappa shape index (κ2) is 6.02. The molecule has 0 amide bonds. The van der Waals surface area contributed by atoms with Gasteiger partial charge in [-0.1, -0.05) is 42.1 Å². The Morgan fingerprint density at radius 1 is 1.17 bits per heavy atom. The van der Waals surface area contributed by atoms with E-state index in [2.05, 4.69) is 47.4 Å². The van der Waals surface area contributed by atoms with Gasteiger partial charge >= 0.3 is 0 Å². The quantitative estimate of drug-likeness (QED) is 0.898. The van der Waals surface area contributed by atoms with E-state index in [0.29, 0.717) is 12.1 Å². The van der Waals surface area contributed by atoms with Gasteiger partial charge in [0.2, 0.25) is 0 Å². The molecule has 1 fully saturated rings. The van der Waals surface area contributed by atoms with Crippen molar-refractivity contribution in [1.82, 2.24) is 5.32 Å². The van der Waals surface area contributed by atoms with Gasteiger partial charge < -0.3 is 5.32 Å². The number of aliphatic imine (C=N–C) groups is 1. The second-order valence-electron chi connectivity index (χ2n) is 4.73. The van der Waals surface area contributed by atoms with Crippen molar-refractivity contribution in [3.63, 3.8) is 0 Å². The lowest BCUT2D eigenvalue weighted by atomic mass is 10.1. The Labute approximate surface area is 117 Å². The molecule has 0 aliphatic carbocycles. The van der Waals surface area contributed by atoms with Crippen LogP contribution in [0.2, 0.25) is 0 Å². The second-order valence-corrected chi connectivity index (χ2v) is 6.89. The first kappa shape index (κ1) is 12.4. The van der Waals surface area contributed by atoms with Crippen LogP contribution in [-0.2, 0) is 0 Å². The van der Waals surface area contributed by atoms with Crippen molar-refractivity contribution in [3.05, 3.63) is 35.9 Å². The molecule has 2 aliphatic rings. The fraction of sp³-hybridized carbons (Fsp3) is 0.500. The maximum absolute atomic E-state index is 4.81. The van der Waals surface area contributed by atoms with Gasteiger partial charge in [0.15, 0.2) is 5.17 Å². The minimum absolute atomic E-state index is 0.343. The number of rotatable bonds is 2. The molecule has 2 atom stereocenters. The molecule has 18 heavy (non-hydrogen) atoms. The fourth-order valence-corrected chi connectivity index (χ4v) is 4.43. The zero-order valence-corrected chi connectivity index (χ0v) is 12.0. The van der Waals surface area contributed by atoms with E-state index in [0.717, 1.165) is 10.9 Å². The normalized spacial score (nSPS) is 27.9. The van der Waals surface area contributed by atoms with Gasteiger partial charge in [-0.05, 0) is 24.2 Å². The Balaban J connectivity index is 1.61. The van der Waals surface area contributed by atoms with Crippen molar-refractivity contribution in [2.45, 2.75) is 24.9 Å². The topological polar surface area (TPSA) is 24.4 Å². The average Bonchev–Trinajstić information content (AvgIpc) is 2.89. The van der Waals surface area contributed by atoms with Gasteiger partial charge in [-0.15, -0.1) is 0 Å². The molecule has 1 N–H and O–H groups in total. The highest BCUT2D eigenvalue weighted by Crippen LogP contribution is 2.30. The van der Waals surface area contributed by atoms with E-state index >= 15 is 0 Å². The summed E-state index contributed by atoms with van der Waals surface area (Å²) in [7, 11) is 0. The molecule has 0 bridgehead atoms. The van der Waals surface area contributed by atoms with Crippen LogP contribution in [0.3, 0.4) is 0 Å².